The molecule has 0 aliphatic heterocycles. The van der Waals surface area contributed by atoms with Gasteiger partial charge < -0.3 is 10.6 Å². The van der Waals surface area contributed by atoms with E-state index in [0.29, 0.717) is 0 Å². The molecule has 5 heteroatoms. The molecular formula is C13H27N3O2. The smallest absolute Gasteiger partial charge is 0.237 e. The van der Waals surface area contributed by atoms with Crippen LogP contribution >= 0.6 is 0 Å². The van der Waals surface area contributed by atoms with Crippen LogP contribution in [0.5, 0.6) is 0 Å². The summed E-state index contributed by atoms with van der Waals surface area (Å²) < 4.78 is 0. The summed E-state index contributed by atoms with van der Waals surface area (Å²) in [6.45, 7) is 11.6. The average molecular weight is 257 g/mol. The highest BCUT2D eigenvalue weighted by Crippen LogP contribution is 1.99. The fourth-order valence-electron chi connectivity index (χ4n) is 1.24. The Morgan fingerprint density at radius 2 is 1.72 bits per heavy atom. The van der Waals surface area contributed by atoms with E-state index in [2.05, 4.69) is 16.0 Å². The van der Waals surface area contributed by atoms with Crippen molar-refractivity contribution >= 4 is 11.8 Å². The van der Waals surface area contributed by atoms with Crippen molar-refractivity contribution in [2.75, 3.05) is 6.54 Å². The highest BCUT2D eigenvalue weighted by atomic mass is 16.2. The summed E-state index contributed by atoms with van der Waals surface area (Å²) in [5.74, 6) is -0.182. The summed E-state index contributed by atoms with van der Waals surface area (Å²) in [5.41, 5.74) is -0.258. The van der Waals surface area contributed by atoms with E-state index in [-0.39, 0.29) is 36.0 Å². The molecule has 0 bridgehead atoms. The van der Waals surface area contributed by atoms with Crippen molar-refractivity contribution in [2.45, 2.75) is 65.6 Å². The van der Waals surface area contributed by atoms with Crippen LogP contribution in [0.15, 0.2) is 0 Å². The van der Waals surface area contributed by atoms with Gasteiger partial charge in [0.15, 0.2) is 0 Å². The first kappa shape index (κ1) is 16.9. The molecule has 2 amide bonds. The van der Waals surface area contributed by atoms with Gasteiger partial charge in [-0.25, -0.2) is 0 Å². The molecule has 3 N–H and O–H groups in total. The van der Waals surface area contributed by atoms with E-state index < -0.39 is 0 Å². The normalized spacial score (nSPS) is 14.8. The topological polar surface area (TPSA) is 70.2 Å². The summed E-state index contributed by atoms with van der Waals surface area (Å²) in [5, 5.41) is 8.61. The summed E-state index contributed by atoms with van der Waals surface area (Å²) in [6, 6.07) is -0.218. The Kier molecular flexibility index (Phi) is 6.91. The predicted molar refractivity (Wildman–Crippen MR) is 73.3 cm³/mol. The molecule has 0 aromatic heterocycles. The summed E-state index contributed by atoms with van der Waals surface area (Å²) in [6.07, 6.45) is 0.895. The number of hydrogen-bond acceptors (Lipinski definition) is 3. The SMILES string of the molecule is CCC(C)NC(=O)CNC(C)C(=O)NC(C)(C)C. The highest BCUT2D eigenvalue weighted by molar-refractivity contribution is 5.83. The number of hydrogen-bond donors (Lipinski definition) is 3. The van der Waals surface area contributed by atoms with Gasteiger partial charge >= 0.3 is 0 Å². The van der Waals surface area contributed by atoms with E-state index in [1.807, 2.05) is 34.6 Å². The van der Waals surface area contributed by atoms with Gasteiger partial charge in [0.1, 0.15) is 0 Å². The zero-order valence-corrected chi connectivity index (χ0v) is 12.4. The molecule has 18 heavy (non-hydrogen) atoms. The lowest BCUT2D eigenvalue weighted by atomic mass is 10.1. The van der Waals surface area contributed by atoms with Gasteiger partial charge in [0.2, 0.25) is 11.8 Å². The van der Waals surface area contributed by atoms with E-state index in [4.69, 9.17) is 0 Å². The minimum atomic E-state index is -0.382. The van der Waals surface area contributed by atoms with Gasteiger partial charge in [-0.05, 0) is 41.0 Å². The maximum absolute atomic E-state index is 11.7. The third-order valence-electron chi connectivity index (χ3n) is 2.48. The fourth-order valence-corrected chi connectivity index (χ4v) is 1.24. The summed E-state index contributed by atoms with van der Waals surface area (Å²) in [7, 11) is 0. The lowest BCUT2D eigenvalue weighted by Crippen LogP contribution is -2.51. The van der Waals surface area contributed by atoms with Crippen LogP contribution in [0.25, 0.3) is 0 Å². The molecular weight excluding hydrogens is 230 g/mol. The molecule has 0 aromatic carbocycles. The standard InChI is InChI=1S/C13H27N3O2/c1-7-9(2)15-11(17)8-14-10(3)12(18)16-13(4,5)6/h9-10,14H,7-8H2,1-6H3,(H,15,17)(H,16,18). The molecule has 2 unspecified atom stereocenters. The molecule has 106 valence electrons. The molecule has 0 spiro atoms. The molecule has 0 saturated carbocycles. The lowest BCUT2D eigenvalue weighted by molar-refractivity contribution is -0.124. The molecule has 2 atom stereocenters. The number of amides is 2. The third kappa shape index (κ3) is 8.06. The molecule has 0 radical (unpaired) electrons. The zero-order valence-electron chi connectivity index (χ0n) is 12.4. The molecule has 0 aliphatic carbocycles. The van der Waals surface area contributed by atoms with E-state index in [9.17, 15) is 9.59 Å². The lowest BCUT2D eigenvalue weighted by Gasteiger charge is -2.23. The Hall–Kier alpha value is -1.10. The van der Waals surface area contributed by atoms with Crippen LogP contribution in [0.3, 0.4) is 0 Å². The van der Waals surface area contributed by atoms with Crippen LogP contribution in [-0.2, 0) is 9.59 Å². The minimum Gasteiger partial charge on any atom is -0.353 e. The molecule has 0 fully saturated rings. The van der Waals surface area contributed by atoms with Crippen molar-refractivity contribution < 1.29 is 9.59 Å². The van der Waals surface area contributed by atoms with Crippen LogP contribution in [0, 0.1) is 0 Å². The molecule has 0 aliphatic rings. The quantitative estimate of drug-likeness (QED) is 0.659. The van der Waals surface area contributed by atoms with Gasteiger partial charge in [-0.3, -0.25) is 14.9 Å². The van der Waals surface area contributed by atoms with Gasteiger partial charge in [0.25, 0.3) is 0 Å². The fraction of sp³-hybridized carbons (Fsp3) is 0.846. The first-order valence-corrected chi connectivity index (χ1v) is 6.50. The van der Waals surface area contributed by atoms with E-state index in [1.165, 1.54) is 0 Å². The monoisotopic (exact) mass is 257 g/mol. The van der Waals surface area contributed by atoms with Crippen molar-refractivity contribution in [3.05, 3.63) is 0 Å². The molecule has 0 saturated heterocycles. The average Bonchev–Trinajstić information content (AvgIpc) is 2.23. The van der Waals surface area contributed by atoms with Gasteiger partial charge in [-0.15, -0.1) is 0 Å². The molecule has 5 nitrogen and oxygen atoms in total. The Bertz CT molecular complexity index is 284. The van der Waals surface area contributed by atoms with Crippen molar-refractivity contribution in [3.63, 3.8) is 0 Å². The number of carbonyl (C=O) groups is 2. The Balaban J connectivity index is 3.99. The van der Waals surface area contributed by atoms with E-state index in [0.717, 1.165) is 6.42 Å². The van der Waals surface area contributed by atoms with Crippen molar-refractivity contribution in [2.24, 2.45) is 0 Å². The van der Waals surface area contributed by atoms with Crippen molar-refractivity contribution in [1.82, 2.24) is 16.0 Å². The second-order valence-electron chi connectivity index (χ2n) is 5.72. The Labute approximate surface area is 110 Å². The zero-order chi connectivity index (χ0) is 14.3. The molecule has 0 rings (SSSR count). The number of carbonyl (C=O) groups excluding carboxylic acids is 2. The van der Waals surface area contributed by atoms with Crippen LogP contribution in [0.2, 0.25) is 0 Å². The van der Waals surface area contributed by atoms with Gasteiger partial charge in [0, 0.05) is 11.6 Å². The van der Waals surface area contributed by atoms with E-state index in [1.54, 1.807) is 6.92 Å². The maximum Gasteiger partial charge on any atom is 0.237 e. The summed E-state index contributed by atoms with van der Waals surface area (Å²) in [4.78, 5) is 23.3. The summed E-state index contributed by atoms with van der Waals surface area (Å²) >= 11 is 0. The van der Waals surface area contributed by atoms with Crippen molar-refractivity contribution in [3.8, 4) is 0 Å². The first-order chi connectivity index (χ1) is 8.15. The second kappa shape index (κ2) is 7.36. The van der Waals surface area contributed by atoms with E-state index >= 15 is 0 Å². The predicted octanol–water partition coefficient (Wildman–Crippen LogP) is 0.794. The number of nitrogens with one attached hydrogen (secondary N) is 3. The minimum absolute atomic E-state index is 0.0836. The Morgan fingerprint density at radius 3 is 2.17 bits per heavy atom. The third-order valence-corrected chi connectivity index (χ3v) is 2.48. The second-order valence-corrected chi connectivity index (χ2v) is 5.72. The van der Waals surface area contributed by atoms with Gasteiger partial charge in [0.05, 0.1) is 12.6 Å². The van der Waals surface area contributed by atoms with Crippen LogP contribution in [0.4, 0.5) is 0 Å². The van der Waals surface area contributed by atoms with Gasteiger partial charge in [-0.1, -0.05) is 6.92 Å². The highest BCUT2D eigenvalue weighted by Gasteiger charge is 2.19. The van der Waals surface area contributed by atoms with Crippen LogP contribution in [0.1, 0.15) is 48.0 Å². The van der Waals surface area contributed by atoms with Crippen LogP contribution in [-0.4, -0.2) is 36.0 Å². The first-order valence-electron chi connectivity index (χ1n) is 6.50. The molecule has 0 heterocycles. The maximum atomic E-state index is 11.7. The molecule has 0 aromatic rings. The van der Waals surface area contributed by atoms with Crippen molar-refractivity contribution in [1.29, 1.82) is 0 Å². The largest absolute Gasteiger partial charge is 0.353 e. The van der Waals surface area contributed by atoms with Crippen LogP contribution < -0.4 is 16.0 Å². The number of rotatable bonds is 6. The van der Waals surface area contributed by atoms with Gasteiger partial charge in [-0.2, -0.15) is 0 Å². The Morgan fingerprint density at radius 1 is 1.17 bits per heavy atom.